The van der Waals surface area contributed by atoms with Crippen molar-refractivity contribution in [2.45, 2.75) is 32.5 Å². The van der Waals surface area contributed by atoms with Gasteiger partial charge >= 0.3 is 18.1 Å². The highest BCUT2D eigenvalue weighted by molar-refractivity contribution is 5.99. The van der Waals surface area contributed by atoms with Crippen LogP contribution in [0.25, 0.3) is 0 Å². The average molecular weight is 427 g/mol. The number of carbonyl (C=O) groups excluding carboxylic acids is 4. The predicted octanol–water partition coefficient (Wildman–Crippen LogP) is 3.39. The molecular formula is C22H25N3O6. The lowest BCUT2D eigenvalue weighted by molar-refractivity contribution is -0.129. The molecule has 0 fully saturated rings. The summed E-state index contributed by atoms with van der Waals surface area (Å²) in [5.74, 6) is -1.56. The molecule has 4 amide bonds. The lowest BCUT2D eigenvalue weighted by Gasteiger charge is -2.19. The van der Waals surface area contributed by atoms with Gasteiger partial charge in [0.05, 0.1) is 5.56 Å². The number of nitrogens with one attached hydrogen (secondary N) is 3. The van der Waals surface area contributed by atoms with Gasteiger partial charge in [-0.3, -0.25) is 15.4 Å². The fourth-order valence-corrected chi connectivity index (χ4v) is 2.43. The second kappa shape index (κ2) is 10.2. The molecule has 0 aliphatic rings. The summed E-state index contributed by atoms with van der Waals surface area (Å²) in [6, 6.07) is 13.5. The van der Waals surface area contributed by atoms with Crippen LogP contribution in [0.5, 0.6) is 0 Å². The normalized spacial score (nSPS) is 11.6. The van der Waals surface area contributed by atoms with E-state index in [9.17, 15) is 19.2 Å². The maximum Gasteiger partial charge on any atom is 0.412 e. The maximum atomic E-state index is 12.6. The van der Waals surface area contributed by atoms with Crippen LogP contribution in [-0.4, -0.2) is 36.6 Å². The minimum atomic E-state index is -1.33. The van der Waals surface area contributed by atoms with Crippen molar-refractivity contribution in [3.8, 4) is 0 Å². The van der Waals surface area contributed by atoms with Crippen LogP contribution in [0.4, 0.5) is 15.3 Å². The molecule has 2 aromatic rings. The van der Waals surface area contributed by atoms with E-state index in [0.29, 0.717) is 11.3 Å². The molecule has 0 aliphatic heterocycles. The molecule has 0 aliphatic carbocycles. The van der Waals surface area contributed by atoms with Gasteiger partial charge in [-0.2, -0.15) is 0 Å². The maximum absolute atomic E-state index is 12.6. The van der Waals surface area contributed by atoms with Crippen molar-refractivity contribution in [2.75, 3.05) is 12.4 Å². The average Bonchev–Trinajstić information content (AvgIpc) is 2.71. The number of benzene rings is 2. The zero-order valence-electron chi connectivity index (χ0n) is 17.7. The molecule has 2 aromatic carbocycles. The summed E-state index contributed by atoms with van der Waals surface area (Å²) in [6.07, 6.45) is -1.96. The first kappa shape index (κ1) is 23.4. The van der Waals surface area contributed by atoms with Crippen molar-refractivity contribution in [1.29, 1.82) is 0 Å². The molecule has 0 bridgehead atoms. The molecule has 0 heterocycles. The standard InChI is InChI=1S/C22H25N3O6/c1-22(2,3)31-21(29)24-16-12-10-15(11-13-16)19(27)30-17(14-8-6-5-7-9-14)18(26)25-20(28)23-4/h5-13,17H,1-4H3,(H,24,29)(H2,23,25,26,28). The Morgan fingerprint density at radius 1 is 0.903 bits per heavy atom. The number of ether oxygens (including phenoxy) is 2. The van der Waals surface area contributed by atoms with E-state index < -0.39 is 35.7 Å². The molecule has 31 heavy (non-hydrogen) atoms. The fraction of sp³-hybridized carbons (Fsp3) is 0.273. The molecule has 0 spiro atoms. The number of esters is 1. The fourth-order valence-electron chi connectivity index (χ4n) is 2.43. The molecule has 0 aromatic heterocycles. The highest BCUT2D eigenvalue weighted by atomic mass is 16.6. The van der Waals surface area contributed by atoms with E-state index >= 15 is 0 Å². The second-order valence-electron chi connectivity index (χ2n) is 7.47. The number of anilines is 1. The van der Waals surface area contributed by atoms with Crippen molar-refractivity contribution in [2.24, 2.45) is 0 Å². The van der Waals surface area contributed by atoms with Gasteiger partial charge in [0.2, 0.25) is 6.10 Å². The first-order valence-electron chi connectivity index (χ1n) is 9.47. The van der Waals surface area contributed by atoms with E-state index in [-0.39, 0.29) is 5.56 Å². The summed E-state index contributed by atoms with van der Waals surface area (Å²) < 4.78 is 10.5. The molecule has 2 rings (SSSR count). The van der Waals surface area contributed by atoms with Gasteiger partial charge in [0.15, 0.2) is 0 Å². The Kier molecular flexibility index (Phi) is 7.73. The van der Waals surface area contributed by atoms with E-state index in [1.54, 1.807) is 51.1 Å². The van der Waals surface area contributed by atoms with Crippen LogP contribution in [0.2, 0.25) is 0 Å². The summed E-state index contributed by atoms with van der Waals surface area (Å²) in [4.78, 5) is 48.4. The second-order valence-corrected chi connectivity index (χ2v) is 7.47. The third kappa shape index (κ3) is 7.46. The summed E-state index contributed by atoms with van der Waals surface area (Å²) in [6.45, 7) is 5.24. The zero-order chi connectivity index (χ0) is 23.0. The van der Waals surface area contributed by atoms with E-state index in [4.69, 9.17) is 9.47 Å². The first-order valence-corrected chi connectivity index (χ1v) is 9.47. The van der Waals surface area contributed by atoms with Gasteiger partial charge in [0.1, 0.15) is 5.60 Å². The number of imide groups is 1. The summed E-state index contributed by atoms with van der Waals surface area (Å²) >= 11 is 0. The Morgan fingerprint density at radius 3 is 2.06 bits per heavy atom. The van der Waals surface area contributed by atoms with Crippen molar-refractivity contribution >= 4 is 29.7 Å². The smallest absolute Gasteiger partial charge is 0.412 e. The van der Waals surface area contributed by atoms with Gasteiger partial charge in [0.25, 0.3) is 5.91 Å². The van der Waals surface area contributed by atoms with E-state index in [2.05, 4.69) is 16.0 Å². The monoisotopic (exact) mass is 427 g/mol. The van der Waals surface area contributed by atoms with E-state index in [1.807, 2.05) is 0 Å². The Hall–Kier alpha value is -3.88. The molecule has 0 saturated heterocycles. The van der Waals surface area contributed by atoms with Gasteiger partial charge < -0.3 is 14.8 Å². The van der Waals surface area contributed by atoms with Crippen LogP contribution in [0.15, 0.2) is 54.6 Å². The van der Waals surface area contributed by atoms with Crippen LogP contribution < -0.4 is 16.0 Å². The van der Waals surface area contributed by atoms with Crippen molar-refractivity contribution in [3.05, 3.63) is 65.7 Å². The highest BCUT2D eigenvalue weighted by Gasteiger charge is 2.27. The zero-order valence-corrected chi connectivity index (χ0v) is 17.7. The summed E-state index contributed by atoms with van der Waals surface area (Å²) in [5, 5.41) is 6.93. The minimum Gasteiger partial charge on any atom is -0.444 e. The molecular weight excluding hydrogens is 402 g/mol. The SMILES string of the molecule is CNC(=O)NC(=O)C(OC(=O)c1ccc(NC(=O)OC(C)(C)C)cc1)c1ccccc1. The summed E-state index contributed by atoms with van der Waals surface area (Å²) in [7, 11) is 1.36. The Labute approximate surface area is 180 Å². The molecule has 1 atom stereocenters. The van der Waals surface area contributed by atoms with Gasteiger partial charge in [-0.15, -0.1) is 0 Å². The van der Waals surface area contributed by atoms with Gasteiger partial charge in [-0.05, 0) is 45.0 Å². The number of carbonyl (C=O) groups is 4. The Bertz CT molecular complexity index is 936. The highest BCUT2D eigenvalue weighted by Crippen LogP contribution is 2.21. The van der Waals surface area contributed by atoms with E-state index in [0.717, 1.165) is 0 Å². The molecule has 3 N–H and O–H groups in total. The Morgan fingerprint density at radius 2 is 1.52 bits per heavy atom. The van der Waals surface area contributed by atoms with Crippen molar-refractivity contribution < 1.29 is 28.7 Å². The molecule has 9 nitrogen and oxygen atoms in total. The third-order valence-electron chi connectivity index (χ3n) is 3.80. The molecule has 0 radical (unpaired) electrons. The quantitative estimate of drug-likeness (QED) is 0.629. The predicted molar refractivity (Wildman–Crippen MR) is 113 cm³/mol. The third-order valence-corrected chi connectivity index (χ3v) is 3.80. The van der Waals surface area contributed by atoms with Gasteiger partial charge in [-0.25, -0.2) is 14.4 Å². The number of hydrogen-bond donors (Lipinski definition) is 3. The molecule has 164 valence electrons. The minimum absolute atomic E-state index is 0.156. The number of hydrogen-bond acceptors (Lipinski definition) is 6. The van der Waals surface area contributed by atoms with Crippen molar-refractivity contribution in [1.82, 2.24) is 10.6 Å². The van der Waals surface area contributed by atoms with Gasteiger partial charge in [0, 0.05) is 18.3 Å². The molecule has 9 heteroatoms. The number of amides is 4. The number of rotatable bonds is 5. The molecule has 0 saturated carbocycles. The summed E-state index contributed by atoms with van der Waals surface area (Å²) in [5.41, 5.74) is 0.335. The van der Waals surface area contributed by atoms with Crippen molar-refractivity contribution in [3.63, 3.8) is 0 Å². The van der Waals surface area contributed by atoms with Crippen LogP contribution >= 0.6 is 0 Å². The van der Waals surface area contributed by atoms with Crippen LogP contribution in [0.1, 0.15) is 42.8 Å². The lowest BCUT2D eigenvalue weighted by Crippen LogP contribution is -2.41. The Balaban J connectivity index is 2.11. The van der Waals surface area contributed by atoms with Crippen LogP contribution in [0, 0.1) is 0 Å². The topological polar surface area (TPSA) is 123 Å². The first-order chi connectivity index (χ1) is 14.6. The number of urea groups is 1. The van der Waals surface area contributed by atoms with E-state index in [1.165, 1.54) is 31.3 Å². The molecule has 1 unspecified atom stereocenters. The largest absolute Gasteiger partial charge is 0.444 e. The van der Waals surface area contributed by atoms with Gasteiger partial charge in [-0.1, -0.05) is 30.3 Å². The van der Waals surface area contributed by atoms with Crippen LogP contribution in [0.3, 0.4) is 0 Å². The van der Waals surface area contributed by atoms with Crippen LogP contribution in [-0.2, 0) is 14.3 Å². The lowest BCUT2D eigenvalue weighted by atomic mass is 10.1.